The summed E-state index contributed by atoms with van der Waals surface area (Å²) in [6.45, 7) is 4.38. The average molecular weight is 520 g/mol. The predicted molar refractivity (Wildman–Crippen MR) is 136 cm³/mol. The van der Waals surface area contributed by atoms with Crippen LogP contribution in [0.5, 0.6) is 5.75 Å². The number of methoxy groups -OCH3 is 1. The first kappa shape index (κ1) is 23.8. The van der Waals surface area contributed by atoms with Crippen molar-refractivity contribution in [3.05, 3.63) is 105 Å². The molecule has 1 N–H and O–H groups in total. The number of amides is 1. The first-order valence-electron chi connectivity index (χ1n) is 11.1. The highest BCUT2D eigenvalue weighted by atomic mass is 79.9. The van der Waals surface area contributed by atoms with E-state index in [1.54, 1.807) is 31.4 Å². The number of aliphatic hydroxyl groups excluding tert-OH is 1. The molecule has 3 aromatic rings. The van der Waals surface area contributed by atoms with Crippen LogP contribution < -0.4 is 4.74 Å². The number of Topliss-reactive ketones (excluding diaryl/α,β-unsaturated/α-hetero) is 1. The molecule has 1 amide bonds. The van der Waals surface area contributed by atoms with Crippen LogP contribution in [-0.4, -0.2) is 28.8 Å². The quantitative estimate of drug-likeness (QED) is 0.239. The Morgan fingerprint density at radius 1 is 1.00 bits per heavy atom. The van der Waals surface area contributed by atoms with E-state index in [0.29, 0.717) is 17.2 Å². The maximum atomic E-state index is 13.3. The fraction of sp³-hybridized carbons (Fsp3) is 0.214. The lowest BCUT2D eigenvalue weighted by molar-refractivity contribution is -0.140. The minimum atomic E-state index is -0.727. The zero-order valence-electron chi connectivity index (χ0n) is 19.3. The van der Waals surface area contributed by atoms with Gasteiger partial charge in [-0.3, -0.25) is 9.59 Å². The topological polar surface area (TPSA) is 66.8 Å². The Morgan fingerprint density at radius 2 is 1.65 bits per heavy atom. The van der Waals surface area contributed by atoms with Crippen LogP contribution in [-0.2, 0) is 16.1 Å². The number of carbonyl (C=O) groups excluding carboxylic acids is 2. The van der Waals surface area contributed by atoms with E-state index in [1.807, 2.05) is 48.5 Å². The molecule has 4 rings (SSSR count). The van der Waals surface area contributed by atoms with Crippen LogP contribution in [0.15, 0.2) is 82.8 Å². The summed E-state index contributed by atoms with van der Waals surface area (Å²) in [6, 6.07) is 21.5. The van der Waals surface area contributed by atoms with Crippen molar-refractivity contribution in [2.45, 2.75) is 32.4 Å². The highest BCUT2D eigenvalue weighted by Gasteiger charge is 2.46. The minimum Gasteiger partial charge on any atom is -0.507 e. The molecule has 0 spiro atoms. The fourth-order valence-corrected chi connectivity index (χ4v) is 4.50. The highest BCUT2D eigenvalue weighted by molar-refractivity contribution is 9.10. The molecule has 0 aromatic heterocycles. The van der Waals surface area contributed by atoms with Gasteiger partial charge < -0.3 is 14.7 Å². The Kier molecular flexibility index (Phi) is 6.89. The third-order valence-corrected chi connectivity index (χ3v) is 6.64. The second-order valence-corrected chi connectivity index (χ2v) is 9.48. The predicted octanol–water partition coefficient (Wildman–Crippen LogP) is 6.20. The molecule has 0 aliphatic carbocycles. The smallest absolute Gasteiger partial charge is 0.295 e. The van der Waals surface area contributed by atoms with E-state index in [4.69, 9.17) is 4.74 Å². The Labute approximate surface area is 207 Å². The number of hydrogen-bond acceptors (Lipinski definition) is 4. The molecule has 0 saturated carbocycles. The van der Waals surface area contributed by atoms with Crippen LogP contribution in [0, 0.1) is 0 Å². The van der Waals surface area contributed by atoms with Crippen molar-refractivity contribution in [3.8, 4) is 5.75 Å². The maximum Gasteiger partial charge on any atom is 0.295 e. The van der Waals surface area contributed by atoms with Gasteiger partial charge in [-0.1, -0.05) is 84.4 Å². The summed E-state index contributed by atoms with van der Waals surface area (Å²) in [6.07, 6.45) is 0. The van der Waals surface area contributed by atoms with E-state index >= 15 is 0 Å². The van der Waals surface area contributed by atoms with Gasteiger partial charge in [-0.15, -0.1) is 0 Å². The van der Waals surface area contributed by atoms with Crippen molar-refractivity contribution in [2.75, 3.05) is 7.11 Å². The number of halogens is 1. The van der Waals surface area contributed by atoms with Crippen molar-refractivity contribution in [3.63, 3.8) is 0 Å². The van der Waals surface area contributed by atoms with Gasteiger partial charge in [-0.2, -0.15) is 0 Å². The monoisotopic (exact) mass is 519 g/mol. The number of para-hydroxylation sites is 1. The average Bonchev–Trinajstić information content (AvgIpc) is 3.09. The first-order chi connectivity index (χ1) is 16.3. The second kappa shape index (κ2) is 9.85. The molecular weight excluding hydrogens is 494 g/mol. The van der Waals surface area contributed by atoms with Crippen molar-refractivity contribution < 1.29 is 19.4 Å². The standard InChI is InChI=1S/C28H26BrNO4/c1-17(2)18-8-10-19(11-9-18)25-24(26(31)20-12-14-22(29)15-13-20)27(32)28(33)30(25)16-21-6-4-5-7-23(21)34-3/h4-15,17,25,31H,16H2,1-3H3/b26-24+. The number of ether oxygens (including phenoxy) is 1. The number of nitrogens with zero attached hydrogens (tertiary/aromatic N) is 1. The van der Waals surface area contributed by atoms with Crippen molar-refractivity contribution >= 4 is 33.4 Å². The van der Waals surface area contributed by atoms with Gasteiger partial charge in [-0.05, 0) is 35.2 Å². The van der Waals surface area contributed by atoms with E-state index in [2.05, 4.69) is 29.8 Å². The third kappa shape index (κ3) is 4.50. The molecule has 1 unspecified atom stereocenters. The molecule has 1 atom stereocenters. The SMILES string of the molecule is COc1ccccc1CN1C(=O)C(=O)/C(=C(/O)c2ccc(Br)cc2)C1c1ccc(C(C)C)cc1. The van der Waals surface area contributed by atoms with Gasteiger partial charge >= 0.3 is 0 Å². The molecule has 1 saturated heterocycles. The van der Waals surface area contributed by atoms with E-state index < -0.39 is 17.7 Å². The zero-order valence-corrected chi connectivity index (χ0v) is 20.9. The molecule has 1 heterocycles. The van der Waals surface area contributed by atoms with Gasteiger partial charge in [0.25, 0.3) is 11.7 Å². The molecule has 3 aromatic carbocycles. The normalized spacial score (nSPS) is 17.4. The summed E-state index contributed by atoms with van der Waals surface area (Å²) in [7, 11) is 1.57. The van der Waals surface area contributed by atoms with Crippen LogP contribution in [0.4, 0.5) is 0 Å². The fourth-order valence-electron chi connectivity index (χ4n) is 4.23. The number of rotatable bonds is 6. The van der Waals surface area contributed by atoms with E-state index in [-0.39, 0.29) is 17.9 Å². The van der Waals surface area contributed by atoms with Crippen LogP contribution in [0.1, 0.15) is 48.1 Å². The van der Waals surface area contributed by atoms with Crippen molar-refractivity contribution in [1.82, 2.24) is 4.90 Å². The maximum absolute atomic E-state index is 13.3. The van der Waals surface area contributed by atoms with E-state index in [0.717, 1.165) is 21.2 Å². The number of hydrogen-bond donors (Lipinski definition) is 1. The lowest BCUT2D eigenvalue weighted by Gasteiger charge is -2.26. The second-order valence-electron chi connectivity index (χ2n) is 8.57. The lowest BCUT2D eigenvalue weighted by Crippen LogP contribution is -2.29. The number of aliphatic hydroxyl groups is 1. The Morgan fingerprint density at radius 3 is 2.26 bits per heavy atom. The minimum absolute atomic E-state index is 0.0829. The summed E-state index contributed by atoms with van der Waals surface area (Å²) in [5, 5.41) is 11.2. The number of ketones is 1. The van der Waals surface area contributed by atoms with Crippen molar-refractivity contribution in [2.24, 2.45) is 0 Å². The molecule has 174 valence electrons. The number of benzene rings is 3. The highest BCUT2D eigenvalue weighted by Crippen LogP contribution is 2.41. The van der Waals surface area contributed by atoms with Gasteiger partial charge in [0.15, 0.2) is 0 Å². The van der Waals surface area contributed by atoms with Gasteiger partial charge in [0.1, 0.15) is 11.5 Å². The van der Waals surface area contributed by atoms with Gasteiger partial charge in [0, 0.05) is 15.6 Å². The largest absolute Gasteiger partial charge is 0.507 e. The molecule has 34 heavy (non-hydrogen) atoms. The Bertz CT molecular complexity index is 1250. The molecular formula is C28H26BrNO4. The summed E-state index contributed by atoms with van der Waals surface area (Å²) < 4.78 is 6.32. The summed E-state index contributed by atoms with van der Waals surface area (Å²) in [5.74, 6) is -0.565. The molecule has 1 fully saturated rings. The first-order valence-corrected chi connectivity index (χ1v) is 11.9. The number of likely N-dealkylation sites (tertiary alicyclic amines) is 1. The Hall–Kier alpha value is -3.38. The third-order valence-electron chi connectivity index (χ3n) is 6.11. The van der Waals surface area contributed by atoms with Crippen LogP contribution in [0.3, 0.4) is 0 Å². The van der Waals surface area contributed by atoms with Crippen LogP contribution in [0.2, 0.25) is 0 Å². The lowest BCUT2D eigenvalue weighted by atomic mass is 9.93. The molecule has 0 radical (unpaired) electrons. The van der Waals surface area contributed by atoms with Gasteiger partial charge in [-0.25, -0.2) is 0 Å². The van der Waals surface area contributed by atoms with Gasteiger partial charge in [0.05, 0.1) is 25.3 Å². The molecule has 1 aliphatic heterocycles. The Balaban J connectivity index is 1.86. The zero-order chi connectivity index (χ0) is 24.4. The summed E-state index contributed by atoms with van der Waals surface area (Å²) >= 11 is 3.39. The molecule has 5 nitrogen and oxygen atoms in total. The van der Waals surface area contributed by atoms with E-state index in [1.165, 1.54) is 4.90 Å². The van der Waals surface area contributed by atoms with Crippen LogP contribution in [0.25, 0.3) is 5.76 Å². The van der Waals surface area contributed by atoms with Gasteiger partial charge in [0.2, 0.25) is 0 Å². The van der Waals surface area contributed by atoms with E-state index in [9.17, 15) is 14.7 Å². The number of carbonyl (C=O) groups is 2. The molecule has 6 heteroatoms. The molecule has 0 bridgehead atoms. The summed E-state index contributed by atoms with van der Waals surface area (Å²) in [4.78, 5) is 28.0. The summed E-state index contributed by atoms with van der Waals surface area (Å²) in [5.41, 5.74) is 3.25. The van der Waals surface area contributed by atoms with Crippen molar-refractivity contribution in [1.29, 1.82) is 0 Å². The van der Waals surface area contributed by atoms with Crippen LogP contribution >= 0.6 is 15.9 Å². The molecule has 1 aliphatic rings.